The summed E-state index contributed by atoms with van der Waals surface area (Å²) in [6, 6.07) is 27.3. The predicted molar refractivity (Wildman–Crippen MR) is 124 cm³/mol. The van der Waals surface area contributed by atoms with Crippen molar-refractivity contribution in [1.29, 1.82) is 0 Å². The Labute approximate surface area is 193 Å². The molecule has 33 heavy (non-hydrogen) atoms. The summed E-state index contributed by atoms with van der Waals surface area (Å²) in [5, 5.41) is 2.82. The van der Waals surface area contributed by atoms with Gasteiger partial charge in [0.1, 0.15) is 12.6 Å². The van der Waals surface area contributed by atoms with Crippen LogP contribution in [0, 0.1) is 0 Å². The summed E-state index contributed by atoms with van der Waals surface area (Å²) in [6.07, 6.45) is -0.205. The molecule has 0 aliphatic carbocycles. The van der Waals surface area contributed by atoms with Gasteiger partial charge in [0.25, 0.3) is 5.91 Å². The highest BCUT2D eigenvalue weighted by molar-refractivity contribution is 5.99. The van der Waals surface area contributed by atoms with Crippen molar-refractivity contribution in [3.8, 4) is 0 Å². The van der Waals surface area contributed by atoms with Gasteiger partial charge in [0.15, 0.2) is 0 Å². The maximum atomic E-state index is 13.9. The first kappa shape index (κ1) is 22.3. The minimum atomic E-state index is -0.976. The number of nitrogens with one attached hydrogen (secondary N) is 1. The van der Waals surface area contributed by atoms with Crippen LogP contribution in [0.4, 0.5) is 4.79 Å². The normalized spacial score (nSPS) is 16.4. The van der Waals surface area contributed by atoms with Crippen LogP contribution in [0.15, 0.2) is 91.0 Å². The minimum Gasteiger partial charge on any atom is -0.447 e. The lowest BCUT2D eigenvalue weighted by Gasteiger charge is -2.31. The average molecular weight is 443 g/mol. The van der Waals surface area contributed by atoms with Crippen molar-refractivity contribution in [3.05, 3.63) is 108 Å². The average Bonchev–Trinajstić information content (AvgIpc) is 3.19. The number of carbonyl (C=O) groups is 3. The number of hydrogen-bond acceptors (Lipinski definition) is 4. The molecular weight excluding hydrogens is 416 g/mol. The molecule has 1 saturated heterocycles. The van der Waals surface area contributed by atoms with Crippen molar-refractivity contribution in [3.63, 3.8) is 0 Å². The van der Waals surface area contributed by atoms with Gasteiger partial charge < -0.3 is 10.1 Å². The summed E-state index contributed by atoms with van der Waals surface area (Å²) in [5.74, 6) is -1.31. The van der Waals surface area contributed by atoms with E-state index in [2.05, 4.69) is 5.32 Å². The second kappa shape index (κ2) is 10.1. The third-order valence-electron chi connectivity index (χ3n) is 5.79. The maximum Gasteiger partial charge on any atom is 0.417 e. The molecule has 3 amide bonds. The Morgan fingerprint density at radius 2 is 1.42 bits per heavy atom. The van der Waals surface area contributed by atoms with Crippen LogP contribution in [0.25, 0.3) is 0 Å². The molecule has 0 bridgehead atoms. The van der Waals surface area contributed by atoms with Crippen molar-refractivity contribution in [2.24, 2.45) is 0 Å². The molecule has 0 unspecified atom stereocenters. The zero-order valence-electron chi connectivity index (χ0n) is 18.4. The molecule has 2 atom stereocenters. The predicted octanol–water partition coefficient (Wildman–Crippen LogP) is 3.91. The molecule has 1 heterocycles. The highest BCUT2D eigenvalue weighted by Crippen LogP contribution is 2.31. The van der Waals surface area contributed by atoms with Crippen molar-refractivity contribution < 1.29 is 19.1 Å². The van der Waals surface area contributed by atoms with E-state index in [0.29, 0.717) is 6.42 Å². The van der Waals surface area contributed by atoms with E-state index in [1.165, 1.54) is 11.8 Å². The first-order valence-corrected chi connectivity index (χ1v) is 11.0. The van der Waals surface area contributed by atoms with E-state index in [4.69, 9.17) is 4.74 Å². The summed E-state index contributed by atoms with van der Waals surface area (Å²) in [5.41, 5.74) is 2.73. The van der Waals surface area contributed by atoms with Gasteiger partial charge in [0, 0.05) is 12.8 Å². The second-order valence-corrected chi connectivity index (χ2v) is 8.11. The molecule has 0 aromatic heterocycles. The third kappa shape index (κ3) is 5.12. The van der Waals surface area contributed by atoms with Gasteiger partial charge in [-0.25, -0.2) is 9.69 Å². The van der Waals surface area contributed by atoms with Crippen molar-refractivity contribution in [1.82, 2.24) is 10.2 Å². The lowest BCUT2D eigenvalue weighted by molar-refractivity contribution is -0.134. The van der Waals surface area contributed by atoms with Crippen molar-refractivity contribution >= 4 is 17.9 Å². The number of nitrogens with zero attached hydrogens (tertiary/aromatic N) is 1. The lowest BCUT2D eigenvalue weighted by atomic mass is 9.84. The van der Waals surface area contributed by atoms with Gasteiger partial charge in [-0.1, -0.05) is 91.0 Å². The Kier molecular flexibility index (Phi) is 6.83. The Bertz CT molecular complexity index is 1060. The Morgan fingerprint density at radius 3 is 1.94 bits per heavy atom. The molecule has 3 aromatic carbocycles. The number of benzene rings is 3. The standard InChI is InChI=1S/C27H26N2O4/c1-19(30)28-25(24(21-13-7-3-8-14-21)22-15-9-4-10-16-22)26(31)29-23(18-33-27(29)32)17-20-11-5-2-6-12-20/h2-16,23-25H,17-18H2,1H3,(H,28,30)/t23-,25-/m0/s1. The molecular formula is C27H26N2O4. The molecule has 0 radical (unpaired) electrons. The van der Waals surface area contributed by atoms with Crippen LogP contribution in [-0.2, 0) is 20.7 Å². The van der Waals surface area contributed by atoms with Gasteiger partial charge in [-0.2, -0.15) is 0 Å². The molecule has 6 nitrogen and oxygen atoms in total. The first-order valence-electron chi connectivity index (χ1n) is 11.0. The molecule has 4 rings (SSSR count). The number of rotatable bonds is 7. The zero-order valence-corrected chi connectivity index (χ0v) is 18.4. The minimum absolute atomic E-state index is 0.119. The summed E-state index contributed by atoms with van der Waals surface area (Å²) in [7, 11) is 0. The summed E-state index contributed by atoms with van der Waals surface area (Å²) in [6.45, 7) is 1.49. The number of cyclic esters (lactones) is 1. The van der Waals surface area contributed by atoms with Crippen LogP contribution in [0.3, 0.4) is 0 Å². The number of ether oxygens (including phenoxy) is 1. The molecule has 1 N–H and O–H groups in total. The van der Waals surface area contributed by atoms with Gasteiger partial charge in [-0.3, -0.25) is 9.59 Å². The van der Waals surface area contributed by atoms with Crippen LogP contribution >= 0.6 is 0 Å². The Morgan fingerprint density at radius 1 is 0.909 bits per heavy atom. The summed E-state index contributed by atoms with van der Waals surface area (Å²) < 4.78 is 5.27. The van der Waals surface area contributed by atoms with Crippen molar-refractivity contribution in [2.45, 2.75) is 31.3 Å². The van der Waals surface area contributed by atoms with Gasteiger partial charge >= 0.3 is 6.09 Å². The zero-order chi connectivity index (χ0) is 23.2. The summed E-state index contributed by atoms with van der Waals surface area (Å²) in [4.78, 5) is 39.9. The van der Waals surface area contributed by atoms with E-state index in [1.807, 2.05) is 91.0 Å². The van der Waals surface area contributed by atoms with Gasteiger partial charge in [0.2, 0.25) is 5.91 Å². The number of amides is 3. The molecule has 0 saturated carbocycles. The van der Waals surface area contributed by atoms with Gasteiger partial charge in [0.05, 0.1) is 6.04 Å². The van der Waals surface area contributed by atoms with E-state index >= 15 is 0 Å². The van der Waals surface area contributed by atoms with Gasteiger partial charge in [-0.15, -0.1) is 0 Å². The molecule has 1 aliphatic rings. The van der Waals surface area contributed by atoms with E-state index in [1.54, 1.807) is 0 Å². The lowest BCUT2D eigenvalue weighted by Crippen LogP contribution is -2.54. The topological polar surface area (TPSA) is 75.7 Å². The monoisotopic (exact) mass is 442 g/mol. The SMILES string of the molecule is CC(=O)N[C@H](C(=O)N1C(=O)OC[C@@H]1Cc1ccccc1)C(c1ccccc1)c1ccccc1. The molecule has 1 fully saturated rings. The second-order valence-electron chi connectivity index (χ2n) is 8.11. The van der Waals surface area contributed by atoms with E-state index in [-0.39, 0.29) is 12.5 Å². The third-order valence-corrected chi connectivity index (χ3v) is 5.79. The van der Waals surface area contributed by atoms with Crippen LogP contribution in [0.1, 0.15) is 29.5 Å². The van der Waals surface area contributed by atoms with E-state index < -0.39 is 30.0 Å². The number of hydrogen-bond donors (Lipinski definition) is 1. The van der Waals surface area contributed by atoms with Crippen molar-refractivity contribution in [2.75, 3.05) is 6.61 Å². The van der Waals surface area contributed by atoms with E-state index in [9.17, 15) is 14.4 Å². The van der Waals surface area contributed by atoms with Crippen LogP contribution in [-0.4, -0.2) is 41.5 Å². The van der Waals surface area contributed by atoms with Gasteiger partial charge in [-0.05, 0) is 23.1 Å². The Balaban J connectivity index is 1.72. The fourth-order valence-corrected chi connectivity index (χ4v) is 4.32. The first-order chi connectivity index (χ1) is 16.0. The smallest absolute Gasteiger partial charge is 0.417 e. The summed E-state index contributed by atoms with van der Waals surface area (Å²) >= 11 is 0. The number of carbonyl (C=O) groups excluding carboxylic acids is 3. The number of imide groups is 1. The molecule has 3 aromatic rings. The molecule has 6 heteroatoms. The molecule has 1 aliphatic heterocycles. The van der Waals surface area contributed by atoms with Crippen LogP contribution in [0.2, 0.25) is 0 Å². The fraction of sp³-hybridized carbons (Fsp3) is 0.222. The molecule has 0 spiro atoms. The Hall–Kier alpha value is -3.93. The molecule has 168 valence electrons. The van der Waals surface area contributed by atoms with Crippen LogP contribution in [0.5, 0.6) is 0 Å². The fourth-order valence-electron chi connectivity index (χ4n) is 4.32. The van der Waals surface area contributed by atoms with Crippen LogP contribution < -0.4 is 5.32 Å². The highest BCUT2D eigenvalue weighted by Gasteiger charge is 2.44. The quantitative estimate of drug-likeness (QED) is 0.602. The maximum absolute atomic E-state index is 13.9. The largest absolute Gasteiger partial charge is 0.447 e. The van der Waals surface area contributed by atoms with E-state index in [0.717, 1.165) is 16.7 Å². The highest BCUT2D eigenvalue weighted by atomic mass is 16.6.